The van der Waals surface area contributed by atoms with E-state index in [0.29, 0.717) is 12.1 Å². The second-order valence-electron chi connectivity index (χ2n) is 5.63. The van der Waals surface area contributed by atoms with Gasteiger partial charge in [-0.15, -0.1) is 0 Å². The Hall–Kier alpha value is -0.840. The highest BCUT2D eigenvalue weighted by molar-refractivity contribution is 9.10. The molecule has 2 aromatic rings. The van der Waals surface area contributed by atoms with E-state index in [2.05, 4.69) is 63.2 Å². The van der Waals surface area contributed by atoms with E-state index < -0.39 is 0 Å². The van der Waals surface area contributed by atoms with Gasteiger partial charge < -0.3 is 10.1 Å². The molecular formula is C17H20BrNOS. The highest BCUT2D eigenvalue weighted by Crippen LogP contribution is 2.34. The predicted octanol–water partition coefficient (Wildman–Crippen LogP) is 4.95. The molecule has 2 heterocycles. The van der Waals surface area contributed by atoms with E-state index in [9.17, 15) is 0 Å². The molecule has 2 nitrogen and oxygen atoms in total. The van der Waals surface area contributed by atoms with Crippen LogP contribution in [0.5, 0.6) is 5.75 Å². The molecule has 1 aliphatic heterocycles. The van der Waals surface area contributed by atoms with Crippen molar-refractivity contribution in [2.75, 3.05) is 6.61 Å². The lowest BCUT2D eigenvalue weighted by molar-refractivity contribution is 0.314. The Labute approximate surface area is 138 Å². The van der Waals surface area contributed by atoms with Gasteiger partial charge in [0.25, 0.3) is 0 Å². The van der Waals surface area contributed by atoms with Crippen molar-refractivity contribution in [3.8, 4) is 5.75 Å². The lowest BCUT2D eigenvalue weighted by atomic mass is 10.00. The average molecular weight is 366 g/mol. The molecule has 21 heavy (non-hydrogen) atoms. The van der Waals surface area contributed by atoms with Crippen LogP contribution in [0.2, 0.25) is 0 Å². The minimum atomic E-state index is 0.379. The molecule has 0 spiro atoms. The second kappa shape index (κ2) is 6.95. The number of halogens is 1. The molecule has 1 N–H and O–H groups in total. The molecule has 0 saturated heterocycles. The van der Waals surface area contributed by atoms with Crippen molar-refractivity contribution in [3.63, 3.8) is 0 Å². The van der Waals surface area contributed by atoms with Crippen molar-refractivity contribution in [1.29, 1.82) is 0 Å². The number of fused-ring (bicyclic) bond motifs is 1. The molecule has 1 aliphatic rings. The van der Waals surface area contributed by atoms with E-state index in [4.69, 9.17) is 4.74 Å². The van der Waals surface area contributed by atoms with Gasteiger partial charge in [0.05, 0.1) is 6.61 Å². The van der Waals surface area contributed by atoms with E-state index >= 15 is 0 Å². The molecule has 3 rings (SSSR count). The Morgan fingerprint density at radius 2 is 2.33 bits per heavy atom. The smallest absolute Gasteiger partial charge is 0.125 e. The van der Waals surface area contributed by atoms with Crippen LogP contribution in [0.25, 0.3) is 0 Å². The summed E-state index contributed by atoms with van der Waals surface area (Å²) in [5.41, 5.74) is 2.70. The first-order valence-electron chi connectivity index (χ1n) is 7.42. The highest BCUT2D eigenvalue weighted by Gasteiger charge is 2.21. The monoisotopic (exact) mass is 365 g/mol. The Kier molecular flexibility index (Phi) is 4.99. The van der Waals surface area contributed by atoms with Crippen molar-refractivity contribution in [3.05, 3.63) is 50.6 Å². The maximum absolute atomic E-state index is 5.88. The number of hydrogen-bond donors (Lipinski definition) is 1. The lowest BCUT2D eigenvalue weighted by Crippen LogP contribution is -2.32. The van der Waals surface area contributed by atoms with Crippen LogP contribution in [0.3, 0.4) is 0 Å². The first-order chi connectivity index (χ1) is 10.2. The molecule has 1 aromatic heterocycles. The van der Waals surface area contributed by atoms with E-state index in [1.165, 1.54) is 11.1 Å². The van der Waals surface area contributed by atoms with Gasteiger partial charge in [-0.25, -0.2) is 0 Å². The molecule has 4 heteroatoms. The van der Waals surface area contributed by atoms with Crippen LogP contribution in [0.4, 0.5) is 0 Å². The standard InChI is InChI=1S/C17H20BrNOS/c1-12(9-13-6-8-21-11-13)19-16-3-2-7-20-17-10-14(18)4-5-15(16)17/h4-6,8,10-12,16,19H,2-3,7,9H2,1H3. The molecule has 0 bridgehead atoms. The number of hydrogen-bond acceptors (Lipinski definition) is 3. The third kappa shape index (κ3) is 3.87. The summed E-state index contributed by atoms with van der Waals surface area (Å²) in [6, 6.07) is 9.41. The topological polar surface area (TPSA) is 21.3 Å². The minimum absolute atomic E-state index is 0.379. The zero-order valence-electron chi connectivity index (χ0n) is 12.1. The third-order valence-corrected chi connectivity index (χ3v) is 5.08. The quantitative estimate of drug-likeness (QED) is 0.827. The van der Waals surface area contributed by atoms with Gasteiger partial charge in [0.2, 0.25) is 0 Å². The molecule has 0 aliphatic carbocycles. The fourth-order valence-corrected chi connectivity index (χ4v) is 3.91. The summed E-state index contributed by atoms with van der Waals surface area (Å²) < 4.78 is 6.96. The second-order valence-corrected chi connectivity index (χ2v) is 7.32. The maximum Gasteiger partial charge on any atom is 0.125 e. The zero-order chi connectivity index (χ0) is 14.7. The maximum atomic E-state index is 5.88. The van der Waals surface area contributed by atoms with Gasteiger partial charge in [0, 0.05) is 22.1 Å². The number of rotatable bonds is 4. The van der Waals surface area contributed by atoms with Crippen LogP contribution in [0.15, 0.2) is 39.5 Å². The number of ether oxygens (including phenoxy) is 1. The average Bonchev–Trinajstić information content (AvgIpc) is 2.87. The zero-order valence-corrected chi connectivity index (χ0v) is 14.5. The van der Waals surface area contributed by atoms with Crippen LogP contribution < -0.4 is 10.1 Å². The molecule has 2 unspecified atom stereocenters. The van der Waals surface area contributed by atoms with E-state index in [-0.39, 0.29) is 0 Å². The molecule has 0 amide bonds. The highest BCUT2D eigenvalue weighted by atomic mass is 79.9. The summed E-state index contributed by atoms with van der Waals surface area (Å²) in [6.45, 7) is 3.07. The van der Waals surface area contributed by atoms with Gasteiger partial charge in [-0.2, -0.15) is 11.3 Å². The summed E-state index contributed by atoms with van der Waals surface area (Å²) in [5.74, 6) is 1.02. The third-order valence-electron chi connectivity index (χ3n) is 3.85. The van der Waals surface area contributed by atoms with Crippen molar-refractivity contribution in [1.82, 2.24) is 5.32 Å². The van der Waals surface area contributed by atoms with Crippen molar-refractivity contribution >= 4 is 27.3 Å². The van der Waals surface area contributed by atoms with Crippen LogP contribution >= 0.6 is 27.3 Å². The van der Waals surface area contributed by atoms with Crippen LogP contribution in [-0.4, -0.2) is 12.6 Å². The largest absolute Gasteiger partial charge is 0.493 e. The molecule has 0 saturated carbocycles. The number of nitrogens with one attached hydrogen (secondary N) is 1. The lowest BCUT2D eigenvalue weighted by Gasteiger charge is -2.23. The van der Waals surface area contributed by atoms with Crippen LogP contribution in [-0.2, 0) is 6.42 Å². The summed E-state index contributed by atoms with van der Waals surface area (Å²) >= 11 is 5.30. The Morgan fingerprint density at radius 1 is 1.43 bits per heavy atom. The summed E-state index contributed by atoms with van der Waals surface area (Å²) in [4.78, 5) is 0. The Morgan fingerprint density at radius 3 is 3.14 bits per heavy atom. The van der Waals surface area contributed by atoms with E-state index in [0.717, 1.165) is 36.1 Å². The van der Waals surface area contributed by atoms with Gasteiger partial charge in [-0.05, 0) is 60.7 Å². The van der Waals surface area contributed by atoms with E-state index in [1.54, 1.807) is 11.3 Å². The molecule has 0 fully saturated rings. The van der Waals surface area contributed by atoms with Crippen LogP contribution in [0, 0.1) is 0 Å². The Balaban J connectivity index is 1.73. The van der Waals surface area contributed by atoms with Crippen molar-refractivity contribution in [2.45, 2.75) is 38.3 Å². The number of thiophene rings is 1. The summed E-state index contributed by atoms with van der Waals surface area (Å²) in [7, 11) is 0. The first kappa shape index (κ1) is 15.1. The molecule has 0 radical (unpaired) electrons. The van der Waals surface area contributed by atoms with Gasteiger partial charge >= 0.3 is 0 Å². The molecule has 1 aromatic carbocycles. The van der Waals surface area contributed by atoms with Gasteiger partial charge in [-0.1, -0.05) is 22.0 Å². The minimum Gasteiger partial charge on any atom is -0.493 e. The number of benzene rings is 1. The normalized spacial score (nSPS) is 19.4. The Bertz CT molecular complexity index is 584. The fourth-order valence-electron chi connectivity index (χ4n) is 2.88. The molecular weight excluding hydrogens is 346 g/mol. The molecule has 2 atom stereocenters. The summed E-state index contributed by atoms with van der Waals surface area (Å²) in [6.07, 6.45) is 3.30. The van der Waals surface area contributed by atoms with Crippen molar-refractivity contribution in [2.24, 2.45) is 0 Å². The van der Waals surface area contributed by atoms with Crippen molar-refractivity contribution < 1.29 is 4.74 Å². The van der Waals surface area contributed by atoms with Gasteiger partial charge in [-0.3, -0.25) is 0 Å². The van der Waals surface area contributed by atoms with Gasteiger partial charge in [0.1, 0.15) is 5.75 Å². The first-order valence-corrected chi connectivity index (χ1v) is 9.15. The van der Waals surface area contributed by atoms with Crippen LogP contribution in [0.1, 0.15) is 36.9 Å². The van der Waals surface area contributed by atoms with E-state index in [1.807, 2.05) is 0 Å². The summed E-state index contributed by atoms with van der Waals surface area (Å²) in [5, 5.41) is 8.16. The SMILES string of the molecule is CC(Cc1ccsc1)NC1CCCOc2cc(Br)ccc21. The predicted molar refractivity (Wildman–Crippen MR) is 92.2 cm³/mol. The van der Waals surface area contributed by atoms with Gasteiger partial charge in [0.15, 0.2) is 0 Å². The molecule has 112 valence electrons. The fraction of sp³-hybridized carbons (Fsp3) is 0.412.